The molecule has 4 rings (SSSR count). The Morgan fingerprint density at radius 3 is 2.88 bits per heavy atom. The monoisotopic (exact) mass is 335 g/mol. The van der Waals surface area contributed by atoms with Crippen molar-refractivity contribution >= 4 is 22.1 Å². The molecule has 126 valence electrons. The van der Waals surface area contributed by atoms with Crippen molar-refractivity contribution in [1.29, 1.82) is 0 Å². The van der Waals surface area contributed by atoms with Gasteiger partial charge in [0.25, 0.3) is 0 Å². The second-order valence-electron chi connectivity index (χ2n) is 6.50. The van der Waals surface area contributed by atoms with E-state index in [0.29, 0.717) is 22.6 Å². The molecule has 0 bridgehead atoms. The van der Waals surface area contributed by atoms with Gasteiger partial charge in [-0.15, -0.1) is 0 Å². The predicted molar refractivity (Wildman–Crippen MR) is 103 cm³/mol. The fourth-order valence-corrected chi connectivity index (χ4v) is 3.00. The minimum absolute atomic E-state index is 0.0340. The van der Waals surface area contributed by atoms with Crippen LogP contribution in [0.25, 0.3) is 33.3 Å². The Kier molecular flexibility index (Phi) is 2.65. The molecule has 0 atom stereocenters. The van der Waals surface area contributed by atoms with Crippen LogP contribution in [0, 0.1) is 19.7 Å². The Balaban J connectivity index is 1.97. The lowest BCUT2D eigenvalue weighted by molar-refractivity contribution is 0.643. The standard InChI is InChI=1S/C22H22N2O/c1-13(2)10-16-12-23-20(11-14(16)3)19-7-5-6-17-18-9-8-15(4)24-22(18)25-21(17)19/h5-9,11-13H,10H2,1-4H3/i3D3,10D2. The van der Waals surface area contributed by atoms with Crippen LogP contribution in [0.2, 0.25) is 0 Å². The average Bonchev–Trinajstić information content (AvgIpc) is 3.04. The number of benzene rings is 1. The molecule has 0 aliphatic carbocycles. The van der Waals surface area contributed by atoms with Gasteiger partial charge in [-0.05, 0) is 61.5 Å². The topological polar surface area (TPSA) is 38.9 Å². The Hall–Kier alpha value is -2.68. The quantitative estimate of drug-likeness (QED) is 0.471. The van der Waals surface area contributed by atoms with E-state index in [4.69, 9.17) is 11.3 Å². The number of aryl methyl sites for hydroxylation is 2. The predicted octanol–water partition coefficient (Wildman–Crippen LogP) is 5.86. The lowest BCUT2D eigenvalue weighted by Crippen LogP contribution is -1.98. The van der Waals surface area contributed by atoms with Gasteiger partial charge in [-0.3, -0.25) is 4.98 Å². The third-order valence-corrected chi connectivity index (χ3v) is 4.13. The number of hydrogen-bond donors (Lipinski definition) is 0. The minimum Gasteiger partial charge on any atom is -0.437 e. The summed E-state index contributed by atoms with van der Waals surface area (Å²) < 4.78 is 46.7. The SMILES string of the molecule is [2H]C([2H])([2H])c1cc(-c2cccc3c2oc2nc(C)ccc23)ncc1C([2H])([2H])C(C)C. The lowest BCUT2D eigenvalue weighted by Gasteiger charge is -2.10. The van der Waals surface area contributed by atoms with E-state index < -0.39 is 19.1 Å². The zero-order chi connectivity index (χ0) is 21.8. The van der Waals surface area contributed by atoms with Crippen LogP contribution < -0.4 is 0 Å². The van der Waals surface area contributed by atoms with Crippen molar-refractivity contribution in [3.8, 4) is 11.3 Å². The van der Waals surface area contributed by atoms with Crippen LogP contribution in [0.4, 0.5) is 0 Å². The maximum absolute atomic E-state index is 8.39. The van der Waals surface area contributed by atoms with Crippen LogP contribution in [-0.4, -0.2) is 9.97 Å². The molecule has 0 spiro atoms. The first-order chi connectivity index (χ1) is 14.0. The molecule has 3 aromatic heterocycles. The van der Waals surface area contributed by atoms with Crippen molar-refractivity contribution in [3.05, 3.63) is 59.4 Å². The summed E-state index contributed by atoms with van der Waals surface area (Å²) in [6.45, 7) is 2.86. The first kappa shape index (κ1) is 11.0. The van der Waals surface area contributed by atoms with E-state index in [1.807, 2.05) is 37.3 Å². The first-order valence-corrected chi connectivity index (χ1v) is 8.30. The number of pyridine rings is 2. The van der Waals surface area contributed by atoms with Gasteiger partial charge in [-0.2, -0.15) is 0 Å². The second kappa shape index (κ2) is 5.99. The van der Waals surface area contributed by atoms with Crippen LogP contribution in [0.3, 0.4) is 0 Å². The van der Waals surface area contributed by atoms with Crippen LogP contribution >= 0.6 is 0 Å². The van der Waals surface area contributed by atoms with E-state index in [9.17, 15) is 0 Å². The van der Waals surface area contributed by atoms with Crippen molar-refractivity contribution in [3.63, 3.8) is 0 Å². The number of nitrogens with zero attached hydrogens (tertiary/aromatic N) is 2. The molecule has 3 heteroatoms. The van der Waals surface area contributed by atoms with E-state index in [1.54, 1.807) is 13.8 Å². The van der Waals surface area contributed by atoms with E-state index in [0.717, 1.165) is 16.5 Å². The molecule has 25 heavy (non-hydrogen) atoms. The van der Waals surface area contributed by atoms with Crippen molar-refractivity contribution < 1.29 is 11.3 Å². The zero-order valence-electron chi connectivity index (χ0n) is 19.4. The maximum Gasteiger partial charge on any atom is 0.227 e. The average molecular weight is 335 g/mol. The van der Waals surface area contributed by atoms with Gasteiger partial charge >= 0.3 is 0 Å². The number of hydrogen-bond acceptors (Lipinski definition) is 3. The Morgan fingerprint density at radius 1 is 1.20 bits per heavy atom. The summed E-state index contributed by atoms with van der Waals surface area (Å²) in [5, 5.41) is 1.75. The minimum atomic E-state index is -2.48. The molecule has 0 aliphatic heterocycles. The summed E-state index contributed by atoms with van der Waals surface area (Å²) >= 11 is 0. The number of aromatic nitrogens is 2. The summed E-state index contributed by atoms with van der Waals surface area (Å²) in [4.78, 5) is 8.88. The van der Waals surface area contributed by atoms with Crippen LogP contribution in [-0.2, 0) is 6.37 Å². The largest absolute Gasteiger partial charge is 0.437 e. The van der Waals surface area contributed by atoms with Crippen molar-refractivity contribution in [1.82, 2.24) is 9.97 Å². The van der Waals surface area contributed by atoms with Gasteiger partial charge in [0.1, 0.15) is 5.58 Å². The van der Waals surface area contributed by atoms with Gasteiger partial charge in [0, 0.05) is 35.1 Å². The fourth-order valence-electron chi connectivity index (χ4n) is 3.00. The molecule has 1 aromatic carbocycles. The highest BCUT2D eigenvalue weighted by Gasteiger charge is 2.14. The molecular weight excluding hydrogens is 308 g/mol. The van der Waals surface area contributed by atoms with Crippen molar-refractivity contribution in [2.75, 3.05) is 0 Å². The van der Waals surface area contributed by atoms with E-state index in [2.05, 4.69) is 9.97 Å². The Labute approximate surface area is 154 Å². The van der Waals surface area contributed by atoms with Gasteiger partial charge in [0.05, 0.1) is 5.69 Å². The molecule has 0 radical (unpaired) electrons. The highest BCUT2D eigenvalue weighted by Crippen LogP contribution is 2.34. The number of para-hydroxylation sites is 1. The summed E-state index contributed by atoms with van der Waals surface area (Å²) in [5.74, 6) is -0.403. The molecule has 0 fully saturated rings. The van der Waals surface area contributed by atoms with Crippen LogP contribution in [0.1, 0.15) is 37.5 Å². The van der Waals surface area contributed by atoms with Crippen LogP contribution in [0.15, 0.2) is 47.0 Å². The van der Waals surface area contributed by atoms with Gasteiger partial charge in [0.15, 0.2) is 0 Å². The first-order valence-electron chi connectivity index (χ1n) is 10.8. The zero-order valence-corrected chi connectivity index (χ0v) is 14.4. The smallest absolute Gasteiger partial charge is 0.227 e. The van der Waals surface area contributed by atoms with E-state index in [1.165, 1.54) is 12.3 Å². The van der Waals surface area contributed by atoms with Gasteiger partial charge in [0.2, 0.25) is 5.71 Å². The Bertz CT molecular complexity index is 1260. The normalized spacial score (nSPS) is 15.8. The molecule has 4 aromatic rings. The highest BCUT2D eigenvalue weighted by molar-refractivity contribution is 6.08. The summed E-state index contributed by atoms with van der Waals surface area (Å²) in [5.41, 5.74) is 3.06. The molecular formula is C22H22N2O. The molecule has 3 nitrogen and oxygen atoms in total. The number of fused-ring (bicyclic) bond motifs is 3. The third-order valence-electron chi connectivity index (χ3n) is 4.13. The van der Waals surface area contributed by atoms with Gasteiger partial charge < -0.3 is 4.42 Å². The second-order valence-corrected chi connectivity index (χ2v) is 6.50. The van der Waals surface area contributed by atoms with E-state index >= 15 is 0 Å². The molecule has 3 heterocycles. The fraction of sp³-hybridized carbons (Fsp3) is 0.273. The molecule has 0 amide bonds. The molecule has 0 aliphatic rings. The highest BCUT2D eigenvalue weighted by atomic mass is 16.3. The molecule has 0 saturated carbocycles. The summed E-state index contributed by atoms with van der Waals surface area (Å²) in [7, 11) is 0. The van der Waals surface area contributed by atoms with Gasteiger partial charge in [-0.1, -0.05) is 26.0 Å². The number of furan rings is 1. The van der Waals surface area contributed by atoms with E-state index in [-0.39, 0.29) is 11.1 Å². The van der Waals surface area contributed by atoms with Crippen molar-refractivity contribution in [2.24, 2.45) is 5.92 Å². The lowest BCUT2D eigenvalue weighted by atomic mass is 9.98. The van der Waals surface area contributed by atoms with Gasteiger partial charge in [-0.25, -0.2) is 4.98 Å². The third kappa shape index (κ3) is 2.80. The van der Waals surface area contributed by atoms with Crippen LogP contribution in [0.5, 0.6) is 0 Å². The summed E-state index contributed by atoms with van der Waals surface area (Å²) in [6, 6.07) is 10.9. The Morgan fingerprint density at radius 2 is 2.08 bits per heavy atom. The number of rotatable bonds is 3. The van der Waals surface area contributed by atoms with Crippen molar-refractivity contribution in [2.45, 2.75) is 34.0 Å². The summed E-state index contributed by atoms with van der Waals surface area (Å²) in [6.07, 6.45) is -0.469. The molecule has 0 N–H and O–H groups in total. The molecule has 0 saturated heterocycles. The maximum atomic E-state index is 8.39. The molecule has 0 unspecified atom stereocenters.